The topological polar surface area (TPSA) is 45.1 Å². The highest BCUT2D eigenvalue weighted by atomic mass is 32.2. The lowest BCUT2D eigenvalue weighted by Crippen LogP contribution is -2.32. The van der Waals surface area contributed by atoms with Crippen molar-refractivity contribution in [3.8, 4) is 0 Å². The summed E-state index contributed by atoms with van der Waals surface area (Å²) in [5.74, 6) is 0.959. The van der Waals surface area contributed by atoms with E-state index < -0.39 is 0 Å². The maximum absolute atomic E-state index is 9.09. The van der Waals surface area contributed by atoms with Gasteiger partial charge in [0.2, 0.25) is 0 Å². The Labute approximate surface area is 122 Å². The van der Waals surface area contributed by atoms with Crippen molar-refractivity contribution in [1.82, 2.24) is 10.3 Å². The van der Waals surface area contributed by atoms with E-state index in [1.807, 2.05) is 12.1 Å². The number of hydrogen-bond donors (Lipinski definition) is 2. The molecule has 0 spiro atoms. The van der Waals surface area contributed by atoms with Crippen molar-refractivity contribution >= 4 is 33.3 Å². The molecule has 0 aliphatic heterocycles. The minimum absolute atomic E-state index is 0.238. The molecule has 0 amide bonds. The first-order valence-electron chi connectivity index (χ1n) is 6.66. The number of rotatable bonds is 8. The Hall–Kier alpha value is -0.620. The minimum atomic E-state index is 0.238. The molecular weight excluding hydrogens is 276 g/mol. The first-order valence-corrected chi connectivity index (χ1v) is 8.46. The Morgan fingerprint density at radius 2 is 2.26 bits per heavy atom. The van der Waals surface area contributed by atoms with Crippen LogP contribution in [0.3, 0.4) is 0 Å². The zero-order chi connectivity index (χ0) is 13.5. The lowest BCUT2D eigenvalue weighted by Gasteiger charge is -2.16. The summed E-state index contributed by atoms with van der Waals surface area (Å²) >= 11 is 3.52. The zero-order valence-electron chi connectivity index (χ0n) is 11.1. The fraction of sp³-hybridized carbons (Fsp3) is 0.500. The van der Waals surface area contributed by atoms with Gasteiger partial charge < -0.3 is 10.4 Å². The molecule has 1 heterocycles. The minimum Gasteiger partial charge on any atom is -0.396 e. The Balaban J connectivity index is 1.91. The maximum Gasteiger partial charge on any atom is 0.151 e. The molecule has 0 radical (unpaired) electrons. The molecule has 1 atom stereocenters. The number of aliphatic hydroxyl groups excluding tert-OH is 1. The second kappa shape index (κ2) is 7.85. The molecule has 0 aliphatic carbocycles. The monoisotopic (exact) mass is 296 g/mol. The Bertz CT molecular complexity index is 468. The van der Waals surface area contributed by atoms with Crippen molar-refractivity contribution in [3.05, 3.63) is 24.3 Å². The van der Waals surface area contributed by atoms with Gasteiger partial charge in [0.1, 0.15) is 0 Å². The van der Waals surface area contributed by atoms with Crippen LogP contribution in [0.2, 0.25) is 0 Å². The van der Waals surface area contributed by atoms with Gasteiger partial charge in [0.25, 0.3) is 0 Å². The standard InChI is InChI=1S/C14H20N2OS2/c1-2-8-15-11(7-9-17)10-18-14-16-12-5-3-4-6-13(12)19-14/h3-6,11,15,17H,2,7-10H2,1H3. The number of para-hydroxylation sites is 1. The smallest absolute Gasteiger partial charge is 0.151 e. The molecule has 1 aromatic carbocycles. The molecule has 1 unspecified atom stereocenters. The summed E-state index contributed by atoms with van der Waals surface area (Å²) in [4.78, 5) is 4.62. The lowest BCUT2D eigenvalue weighted by molar-refractivity contribution is 0.270. The fourth-order valence-electron chi connectivity index (χ4n) is 1.83. The van der Waals surface area contributed by atoms with Gasteiger partial charge in [0.05, 0.1) is 10.2 Å². The average molecular weight is 296 g/mol. The van der Waals surface area contributed by atoms with Gasteiger partial charge in [0.15, 0.2) is 4.34 Å². The molecule has 0 bridgehead atoms. The molecule has 0 fully saturated rings. The van der Waals surface area contributed by atoms with Crippen molar-refractivity contribution in [3.63, 3.8) is 0 Å². The third kappa shape index (κ3) is 4.45. The van der Waals surface area contributed by atoms with Gasteiger partial charge in [-0.3, -0.25) is 0 Å². The number of thiazole rings is 1. The van der Waals surface area contributed by atoms with Crippen LogP contribution < -0.4 is 5.32 Å². The van der Waals surface area contributed by atoms with Crippen molar-refractivity contribution < 1.29 is 5.11 Å². The molecule has 1 aromatic heterocycles. The SMILES string of the molecule is CCCNC(CCO)CSc1nc2ccccc2s1. The summed E-state index contributed by atoms with van der Waals surface area (Å²) in [6, 6.07) is 8.59. The van der Waals surface area contributed by atoms with Crippen molar-refractivity contribution in [1.29, 1.82) is 0 Å². The van der Waals surface area contributed by atoms with E-state index in [4.69, 9.17) is 5.11 Å². The van der Waals surface area contributed by atoms with E-state index in [2.05, 4.69) is 29.4 Å². The molecule has 0 aliphatic rings. The van der Waals surface area contributed by atoms with Gasteiger partial charge >= 0.3 is 0 Å². The molecular formula is C14H20N2OS2. The molecule has 0 saturated carbocycles. The summed E-state index contributed by atoms with van der Waals surface area (Å²) in [7, 11) is 0. The Kier molecular flexibility index (Phi) is 6.10. The van der Waals surface area contributed by atoms with Crippen LogP contribution in [0.5, 0.6) is 0 Å². The van der Waals surface area contributed by atoms with Crippen LogP contribution >= 0.6 is 23.1 Å². The molecule has 104 valence electrons. The van der Waals surface area contributed by atoms with Crippen LogP contribution in [0.4, 0.5) is 0 Å². The van der Waals surface area contributed by atoms with Gasteiger partial charge in [-0.25, -0.2) is 4.98 Å². The van der Waals surface area contributed by atoms with Gasteiger partial charge in [0, 0.05) is 18.4 Å². The second-order valence-corrected chi connectivity index (χ2v) is 6.72. The fourth-order valence-corrected chi connectivity index (χ4v) is 4.03. The largest absolute Gasteiger partial charge is 0.396 e. The summed E-state index contributed by atoms with van der Waals surface area (Å²) in [5.41, 5.74) is 1.08. The quantitative estimate of drug-likeness (QED) is 0.735. The molecule has 2 rings (SSSR count). The molecule has 5 heteroatoms. The van der Waals surface area contributed by atoms with E-state index >= 15 is 0 Å². The molecule has 2 aromatic rings. The zero-order valence-corrected chi connectivity index (χ0v) is 12.8. The van der Waals surface area contributed by atoms with Crippen molar-refractivity contribution in [2.24, 2.45) is 0 Å². The second-order valence-electron chi connectivity index (χ2n) is 4.42. The number of fused-ring (bicyclic) bond motifs is 1. The summed E-state index contributed by atoms with van der Waals surface area (Å²) in [6.07, 6.45) is 1.92. The molecule has 19 heavy (non-hydrogen) atoms. The predicted molar refractivity (Wildman–Crippen MR) is 84.1 cm³/mol. The Morgan fingerprint density at radius 1 is 1.42 bits per heavy atom. The third-order valence-corrected chi connectivity index (χ3v) is 5.18. The third-order valence-electron chi connectivity index (χ3n) is 2.84. The van der Waals surface area contributed by atoms with Crippen LogP contribution in [0, 0.1) is 0 Å². The Morgan fingerprint density at radius 3 is 3.00 bits per heavy atom. The number of aliphatic hydroxyl groups is 1. The van der Waals surface area contributed by atoms with Gasteiger partial charge in [-0.15, -0.1) is 11.3 Å². The van der Waals surface area contributed by atoms with Gasteiger partial charge in [-0.1, -0.05) is 30.8 Å². The number of thioether (sulfide) groups is 1. The molecule has 2 N–H and O–H groups in total. The summed E-state index contributed by atoms with van der Waals surface area (Å²) in [6.45, 7) is 3.40. The van der Waals surface area contributed by atoms with E-state index in [0.29, 0.717) is 6.04 Å². The van der Waals surface area contributed by atoms with Crippen LogP contribution in [0.15, 0.2) is 28.6 Å². The van der Waals surface area contributed by atoms with E-state index in [0.717, 1.165) is 35.0 Å². The van der Waals surface area contributed by atoms with Crippen molar-refractivity contribution in [2.75, 3.05) is 18.9 Å². The van der Waals surface area contributed by atoms with Crippen LogP contribution in [0.25, 0.3) is 10.2 Å². The molecule has 3 nitrogen and oxygen atoms in total. The summed E-state index contributed by atoms with van der Waals surface area (Å²) < 4.78 is 2.35. The molecule has 0 saturated heterocycles. The van der Waals surface area contributed by atoms with Crippen LogP contribution in [-0.4, -0.2) is 35.0 Å². The first-order chi connectivity index (χ1) is 9.33. The van der Waals surface area contributed by atoms with Crippen LogP contribution in [0.1, 0.15) is 19.8 Å². The summed E-state index contributed by atoms with van der Waals surface area (Å²) in [5, 5.41) is 12.6. The number of nitrogens with one attached hydrogen (secondary N) is 1. The normalized spacial score (nSPS) is 12.9. The highest BCUT2D eigenvalue weighted by Gasteiger charge is 2.10. The highest BCUT2D eigenvalue weighted by Crippen LogP contribution is 2.29. The number of hydrogen-bond acceptors (Lipinski definition) is 5. The number of aromatic nitrogens is 1. The lowest BCUT2D eigenvalue weighted by atomic mass is 10.2. The maximum atomic E-state index is 9.09. The van der Waals surface area contributed by atoms with Crippen LogP contribution in [-0.2, 0) is 0 Å². The van der Waals surface area contributed by atoms with E-state index in [-0.39, 0.29) is 6.61 Å². The van der Waals surface area contributed by atoms with E-state index in [1.54, 1.807) is 23.1 Å². The highest BCUT2D eigenvalue weighted by molar-refractivity contribution is 8.01. The number of benzene rings is 1. The van der Waals surface area contributed by atoms with Gasteiger partial charge in [-0.05, 0) is 31.5 Å². The van der Waals surface area contributed by atoms with Gasteiger partial charge in [-0.2, -0.15) is 0 Å². The predicted octanol–water partition coefficient (Wildman–Crippen LogP) is 3.14. The average Bonchev–Trinajstić information content (AvgIpc) is 2.84. The first kappa shape index (κ1) is 14.8. The van der Waals surface area contributed by atoms with Crippen molar-refractivity contribution in [2.45, 2.75) is 30.1 Å². The number of nitrogens with zero attached hydrogens (tertiary/aromatic N) is 1. The van der Waals surface area contributed by atoms with E-state index in [9.17, 15) is 0 Å². The van der Waals surface area contributed by atoms with E-state index in [1.165, 1.54) is 4.70 Å².